The molecule has 0 bridgehead atoms. The van der Waals surface area contributed by atoms with Crippen LogP contribution in [0.4, 0.5) is 0 Å². The van der Waals surface area contributed by atoms with E-state index in [2.05, 4.69) is 17.2 Å². The summed E-state index contributed by atoms with van der Waals surface area (Å²) in [5.74, 6) is 1.43. The number of nitrogens with one attached hydrogen (secondary N) is 1. The normalized spacial score (nSPS) is 11.3. The number of hydrogen-bond donors (Lipinski definition) is 2. The van der Waals surface area contributed by atoms with Gasteiger partial charge in [0.2, 0.25) is 0 Å². The van der Waals surface area contributed by atoms with Gasteiger partial charge < -0.3 is 15.5 Å². The monoisotopic (exact) mass is 393 g/mol. The van der Waals surface area contributed by atoms with Gasteiger partial charge in [0.25, 0.3) is 5.91 Å². The highest BCUT2D eigenvalue weighted by Crippen LogP contribution is 2.29. The second kappa shape index (κ2) is 10.7. The first kappa shape index (κ1) is 22.9. The molecule has 0 radical (unpaired) electrons. The number of nitrogens with two attached hydrogens (primary N) is 1. The molecule has 0 aromatic carbocycles. The molecule has 0 saturated carbocycles. The van der Waals surface area contributed by atoms with Crippen molar-refractivity contribution in [2.45, 2.75) is 46.1 Å². The van der Waals surface area contributed by atoms with Gasteiger partial charge in [-0.25, -0.2) is 4.98 Å². The van der Waals surface area contributed by atoms with Crippen LogP contribution in [0.15, 0.2) is 16.5 Å². The Morgan fingerprint density at radius 3 is 2.62 bits per heavy atom. The Kier molecular flexibility index (Phi) is 10.2. The number of amides is 1. The Hall–Kier alpha value is -1.08. The van der Waals surface area contributed by atoms with Gasteiger partial charge in [-0.1, -0.05) is 19.8 Å². The number of rotatable bonds is 7. The Bertz CT molecular complexity index is 643. The minimum absolute atomic E-state index is 0. The van der Waals surface area contributed by atoms with Gasteiger partial charge in [0.1, 0.15) is 10.6 Å². The molecule has 2 aromatic rings. The van der Waals surface area contributed by atoms with E-state index in [1.54, 1.807) is 0 Å². The SMILES string of the molecule is CCCCC(CN)NC(=O)c1sc(-c2ccc(C)o2)nc1C.Cl.Cl. The lowest BCUT2D eigenvalue weighted by molar-refractivity contribution is 0.0939. The maximum atomic E-state index is 12.4. The van der Waals surface area contributed by atoms with Crippen molar-refractivity contribution in [2.75, 3.05) is 6.54 Å². The van der Waals surface area contributed by atoms with Crippen molar-refractivity contribution < 1.29 is 9.21 Å². The molecule has 0 aliphatic carbocycles. The number of furan rings is 1. The fourth-order valence-corrected chi connectivity index (χ4v) is 3.14. The maximum absolute atomic E-state index is 12.4. The number of hydrogen-bond acceptors (Lipinski definition) is 5. The molecule has 1 amide bonds. The van der Waals surface area contributed by atoms with Crippen LogP contribution in [-0.4, -0.2) is 23.5 Å². The maximum Gasteiger partial charge on any atom is 0.263 e. The first-order valence-electron chi connectivity index (χ1n) is 7.60. The molecule has 0 saturated heterocycles. The number of carbonyl (C=O) groups excluding carboxylic acids is 1. The molecule has 0 fully saturated rings. The van der Waals surface area contributed by atoms with E-state index in [1.165, 1.54) is 11.3 Å². The van der Waals surface area contributed by atoms with E-state index in [-0.39, 0.29) is 36.8 Å². The van der Waals surface area contributed by atoms with Gasteiger partial charge in [-0.3, -0.25) is 4.79 Å². The van der Waals surface area contributed by atoms with Crippen molar-refractivity contribution in [3.63, 3.8) is 0 Å². The molecule has 0 spiro atoms. The number of thiazole rings is 1. The van der Waals surface area contributed by atoms with Crippen molar-refractivity contribution >= 4 is 42.1 Å². The van der Waals surface area contributed by atoms with E-state index < -0.39 is 0 Å². The summed E-state index contributed by atoms with van der Waals surface area (Å²) in [6.07, 6.45) is 3.05. The van der Waals surface area contributed by atoms with Crippen molar-refractivity contribution in [3.05, 3.63) is 28.5 Å². The zero-order valence-electron chi connectivity index (χ0n) is 14.1. The molecule has 0 aliphatic heterocycles. The van der Waals surface area contributed by atoms with E-state index in [4.69, 9.17) is 10.2 Å². The number of halogens is 2. The fourth-order valence-electron chi connectivity index (χ4n) is 2.21. The fraction of sp³-hybridized carbons (Fsp3) is 0.500. The minimum atomic E-state index is -0.101. The molecule has 5 nitrogen and oxygen atoms in total. The van der Waals surface area contributed by atoms with Crippen molar-refractivity contribution in [3.8, 4) is 10.8 Å². The number of unbranched alkanes of at least 4 members (excludes halogenated alkanes) is 1. The average molecular weight is 394 g/mol. The zero-order valence-corrected chi connectivity index (χ0v) is 16.6. The standard InChI is InChI=1S/C16H23N3O2S.2ClH/c1-4-5-6-12(9-17)19-15(20)14-11(3)18-16(22-14)13-8-7-10(2)21-13;;/h7-8,12H,4-6,9,17H2,1-3H3,(H,19,20);2*1H. The Balaban J connectivity index is 0.00000264. The molecule has 8 heteroatoms. The Morgan fingerprint density at radius 1 is 1.38 bits per heavy atom. The molecule has 2 aromatic heterocycles. The zero-order chi connectivity index (χ0) is 16.1. The summed E-state index contributed by atoms with van der Waals surface area (Å²) in [5.41, 5.74) is 6.46. The van der Waals surface area contributed by atoms with Crippen LogP contribution in [0.2, 0.25) is 0 Å². The summed E-state index contributed by atoms with van der Waals surface area (Å²) in [7, 11) is 0. The lowest BCUT2D eigenvalue weighted by Gasteiger charge is -2.15. The molecule has 2 rings (SSSR count). The number of carbonyl (C=O) groups is 1. The van der Waals surface area contributed by atoms with Gasteiger partial charge in [-0.05, 0) is 32.4 Å². The highest BCUT2D eigenvalue weighted by atomic mass is 35.5. The topological polar surface area (TPSA) is 81.1 Å². The molecular formula is C16H25Cl2N3O2S. The highest BCUT2D eigenvalue weighted by molar-refractivity contribution is 7.17. The van der Waals surface area contributed by atoms with E-state index in [9.17, 15) is 4.79 Å². The first-order chi connectivity index (χ1) is 10.5. The lowest BCUT2D eigenvalue weighted by atomic mass is 10.1. The molecule has 1 atom stereocenters. The van der Waals surface area contributed by atoms with Gasteiger partial charge in [0, 0.05) is 12.6 Å². The van der Waals surface area contributed by atoms with Crippen LogP contribution >= 0.6 is 36.2 Å². The summed E-state index contributed by atoms with van der Waals surface area (Å²) in [6, 6.07) is 3.78. The van der Waals surface area contributed by atoms with Crippen LogP contribution in [0.5, 0.6) is 0 Å². The third-order valence-electron chi connectivity index (χ3n) is 3.48. The number of aromatic nitrogens is 1. The summed E-state index contributed by atoms with van der Waals surface area (Å²) in [6.45, 7) is 6.31. The van der Waals surface area contributed by atoms with Crippen molar-refractivity contribution in [2.24, 2.45) is 5.73 Å². The Morgan fingerprint density at radius 2 is 2.08 bits per heavy atom. The van der Waals surface area contributed by atoms with Crippen LogP contribution in [0.1, 0.15) is 47.3 Å². The van der Waals surface area contributed by atoms with Gasteiger partial charge in [0.15, 0.2) is 10.8 Å². The van der Waals surface area contributed by atoms with Gasteiger partial charge in [-0.2, -0.15) is 0 Å². The van der Waals surface area contributed by atoms with E-state index >= 15 is 0 Å². The summed E-state index contributed by atoms with van der Waals surface area (Å²) in [5, 5.41) is 3.73. The summed E-state index contributed by atoms with van der Waals surface area (Å²) >= 11 is 1.35. The molecule has 136 valence electrons. The first-order valence-corrected chi connectivity index (χ1v) is 8.42. The van der Waals surface area contributed by atoms with Crippen LogP contribution in [0, 0.1) is 13.8 Å². The predicted molar refractivity (Wildman–Crippen MR) is 104 cm³/mol. The highest BCUT2D eigenvalue weighted by Gasteiger charge is 2.19. The van der Waals surface area contributed by atoms with E-state index in [0.29, 0.717) is 17.2 Å². The van der Waals surface area contributed by atoms with Gasteiger partial charge >= 0.3 is 0 Å². The molecular weight excluding hydrogens is 369 g/mol. The summed E-state index contributed by atoms with van der Waals surface area (Å²) < 4.78 is 5.57. The van der Waals surface area contributed by atoms with Crippen LogP contribution < -0.4 is 11.1 Å². The van der Waals surface area contributed by atoms with Crippen LogP contribution in [0.25, 0.3) is 10.8 Å². The molecule has 2 heterocycles. The molecule has 1 unspecified atom stereocenters. The third-order valence-corrected chi connectivity index (χ3v) is 4.65. The molecule has 0 aliphatic rings. The largest absolute Gasteiger partial charge is 0.459 e. The molecule has 3 N–H and O–H groups in total. The second-order valence-corrected chi connectivity index (χ2v) is 6.39. The average Bonchev–Trinajstić information content (AvgIpc) is 3.09. The summed E-state index contributed by atoms with van der Waals surface area (Å²) in [4.78, 5) is 17.5. The quantitative estimate of drug-likeness (QED) is 0.741. The minimum Gasteiger partial charge on any atom is -0.459 e. The molecule has 24 heavy (non-hydrogen) atoms. The Labute approximate surface area is 159 Å². The lowest BCUT2D eigenvalue weighted by Crippen LogP contribution is -2.40. The van der Waals surface area contributed by atoms with E-state index in [0.717, 1.165) is 35.7 Å². The predicted octanol–water partition coefficient (Wildman–Crippen LogP) is 4.11. The number of nitrogens with zero attached hydrogens (tertiary/aromatic N) is 1. The third kappa shape index (κ3) is 5.77. The van der Waals surface area contributed by atoms with Crippen molar-refractivity contribution in [1.82, 2.24) is 10.3 Å². The van der Waals surface area contributed by atoms with Gasteiger partial charge in [-0.15, -0.1) is 36.2 Å². The van der Waals surface area contributed by atoms with Crippen molar-refractivity contribution in [1.29, 1.82) is 0 Å². The van der Waals surface area contributed by atoms with Crippen LogP contribution in [0.3, 0.4) is 0 Å². The van der Waals surface area contributed by atoms with Gasteiger partial charge in [0.05, 0.1) is 5.69 Å². The number of aryl methyl sites for hydroxylation is 2. The van der Waals surface area contributed by atoms with Crippen LogP contribution in [-0.2, 0) is 0 Å². The van der Waals surface area contributed by atoms with E-state index in [1.807, 2.05) is 26.0 Å². The second-order valence-electron chi connectivity index (χ2n) is 5.39. The smallest absolute Gasteiger partial charge is 0.263 e.